The molecule has 4 rings (SSSR count). The molecule has 1 aliphatic heterocycles. The number of carbonyl (C=O) groups excluding carboxylic acids is 3. The van der Waals surface area contributed by atoms with Crippen molar-refractivity contribution in [1.82, 2.24) is 10.2 Å². The quantitative estimate of drug-likeness (QED) is 0.454. The van der Waals surface area contributed by atoms with Crippen LogP contribution in [0.2, 0.25) is 0 Å². The van der Waals surface area contributed by atoms with Crippen molar-refractivity contribution in [2.75, 3.05) is 24.2 Å². The Hall–Kier alpha value is -4.17. The maximum atomic E-state index is 12.8. The van der Waals surface area contributed by atoms with E-state index in [1.165, 1.54) is 11.1 Å². The van der Waals surface area contributed by atoms with Crippen molar-refractivity contribution in [2.45, 2.75) is 19.5 Å². The summed E-state index contributed by atoms with van der Waals surface area (Å²) in [6, 6.07) is 19.1. The Labute approximate surface area is 198 Å². The topological polar surface area (TPSA) is 117 Å². The lowest BCUT2D eigenvalue weighted by atomic mass is 9.97. The molecule has 0 bridgehead atoms. The molecule has 0 saturated carbocycles. The van der Waals surface area contributed by atoms with Gasteiger partial charge < -0.3 is 26.6 Å². The zero-order chi connectivity index (χ0) is 24.1. The van der Waals surface area contributed by atoms with Gasteiger partial charge in [0.05, 0.1) is 0 Å². The van der Waals surface area contributed by atoms with Crippen molar-refractivity contribution < 1.29 is 14.4 Å². The van der Waals surface area contributed by atoms with Gasteiger partial charge in [-0.15, -0.1) is 0 Å². The molecule has 4 amide bonds. The van der Waals surface area contributed by atoms with E-state index in [1.54, 1.807) is 24.3 Å². The van der Waals surface area contributed by atoms with Crippen LogP contribution in [-0.2, 0) is 19.5 Å². The van der Waals surface area contributed by atoms with Crippen molar-refractivity contribution >= 4 is 29.2 Å². The van der Waals surface area contributed by atoms with Crippen LogP contribution in [0.4, 0.5) is 16.2 Å². The van der Waals surface area contributed by atoms with Crippen molar-refractivity contribution in [3.8, 4) is 0 Å². The number of urea groups is 1. The molecule has 0 spiro atoms. The summed E-state index contributed by atoms with van der Waals surface area (Å²) in [4.78, 5) is 38.4. The van der Waals surface area contributed by atoms with Crippen molar-refractivity contribution in [3.63, 3.8) is 0 Å². The molecule has 0 atom stereocenters. The molecule has 0 fully saturated rings. The Morgan fingerprint density at radius 2 is 1.65 bits per heavy atom. The molecule has 3 aromatic rings. The smallest absolute Gasteiger partial charge is 0.319 e. The fourth-order valence-corrected chi connectivity index (χ4v) is 3.88. The summed E-state index contributed by atoms with van der Waals surface area (Å²) in [6.07, 6.45) is 0.995. The molecule has 0 aliphatic carbocycles. The number of benzene rings is 3. The number of primary amides is 1. The number of carbonyl (C=O) groups is 3. The first-order chi connectivity index (χ1) is 16.4. The third kappa shape index (κ3) is 5.79. The summed E-state index contributed by atoms with van der Waals surface area (Å²) in [5, 5.41) is 8.42. The van der Waals surface area contributed by atoms with Gasteiger partial charge in [-0.2, -0.15) is 0 Å². The van der Waals surface area contributed by atoms with Gasteiger partial charge in [0.1, 0.15) is 0 Å². The second-order valence-electron chi connectivity index (χ2n) is 8.38. The van der Waals surface area contributed by atoms with E-state index in [1.807, 2.05) is 42.5 Å². The molecule has 8 nitrogen and oxygen atoms in total. The van der Waals surface area contributed by atoms with E-state index in [4.69, 9.17) is 5.73 Å². The predicted molar refractivity (Wildman–Crippen MR) is 132 cm³/mol. The molecule has 5 N–H and O–H groups in total. The third-order valence-corrected chi connectivity index (χ3v) is 5.74. The number of nitrogens with two attached hydrogens (primary N) is 1. The molecule has 1 aliphatic rings. The average Bonchev–Trinajstić information content (AvgIpc) is 2.83. The fraction of sp³-hybridized carbons (Fsp3) is 0.192. The summed E-state index contributed by atoms with van der Waals surface area (Å²) in [7, 11) is 2.08. The predicted octanol–water partition coefficient (Wildman–Crippen LogP) is 3.35. The second kappa shape index (κ2) is 10.2. The van der Waals surface area contributed by atoms with Crippen LogP contribution >= 0.6 is 0 Å². The third-order valence-electron chi connectivity index (χ3n) is 5.74. The number of rotatable bonds is 6. The highest BCUT2D eigenvalue weighted by molar-refractivity contribution is 6.04. The van der Waals surface area contributed by atoms with Crippen LogP contribution in [0.25, 0.3) is 0 Å². The molecule has 0 unspecified atom stereocenters. The number of fused-ring (bicyclic) bond motifs is 1. The molecular weight excluding hydrogens is 430 g/mol. The highest BCUT2D eigenvalue weighted by Crippen LogP contribution is 2.20. The molecular formula is C26H27N5O3. The van der Waals surface area contributed by atoms with Crippen LogP contribution in [0.3, 0.4) is 0 Å². The lowest BCUT2D eigenvalue weighted by molar-refractivity contribution is 0.0997. The SMILES string of the molecule is CN1CCc2ccc(C(=O)Nc3cccc(CNC(=O)Nc4ccc(C(N)=O)cc4)c3)cc2C1. The number of anilines is 2. The average molecular weight is 458 g/mol. The van der Waals surface area contributed by atoms with Gasteiger partial charge >= 0.3 is 6.03 Å². The van der Waals surface area contributed by atoms with Crippen LogP contribution in [0.15, 0.2) is 66.7 Å². The Balaban J connectivity index is 1.33. The number of nitrogens with zero attached hydrogens (tertiary/aromatic N) is 1. The number of amides is 4. The van der Waals surface area contributed by atoms with E-state index in [0.29, 0.717) is 22.5 Å². The Morgan fingerprint density at radius 3 is 2.41 bits per heavy atom. The summed E-state index contributed by atoms with van der Waals surface area (Å²) >= 11 is 0. The number of hydrogen-bond donors (Lipinski definition) is 4. The molecule has 3 aromatic carbocycles. The second-order valence-corrected chi connectivity index (χ2v) is 8.38. The molecule has 34 heavy (non-hydrogen) atoms. The number of nitrogens with one attached hydrogen (secondary N) is 3. The summed E-state index contributed by atoms with van der Waals surface area (Å²) in [5.74, 6) is -0.694. The summed E-state index contributed by atoms with van der Waals surface area (Å²) < 4.78 is 0. The number of likely N-dealkylation sites (N-methyl/N-ethyl adjacent to an activating group) is 1. The van der Waals surface area contributed by atoms with E-state index in [9.17, 15) is 14.4 Å². The first-order valence-electron chi connectivity index (χ1n) is 11.0. The Morgan fingerprint density at radius 1 is 0.882 bits per heavy atom. The van der Waals surface area contributed by atoms with Gasteiger partial charge in [0, 0.05) is 42.1 Å². The first-order valence-corrected chi connectivity index (χ1v) is 11.0. The monoisotopic (exact) mass is 457 g/mol. The van der Waals surface area contributed by atoms with Gasteiger partial charge in [-0.05, 0) is 78.7 Å². The van der Waals surface area contributed by atoms with Crippen LogP contribution in [0.1, 0.15) is 37.4 Å². The Kier molecular flexibility index (Phi) is 6.89. The van der Waals surface area contributed by atoms with E-state index in [-0.39, 0.29) is 18.5 Å². The first kappa shape index (κ1) is 23.0. The van der Waals surface area contributed by atoms with Gasteiger partial charge in [0.2, 0.25) is 5.91 Å². The largest absolute Gasteiger partial charge is 0.366 e. The van der Waals surface area contributed by atoms with Gasteiger partial charge in [-0.25, -0.2) is 4.79 Å². The zero-order valence-electron chi connectivity index (χ0n) is 18.9. The lowest BCUT2D eigenvalue weighted by Crippen LogP contribution is -2.28. The minimum absolute atomic E-state index is 0.168. The van der Waals surface area contributed by atoms with Crippen molar-refractivity contribution in [2.24, 2.45) is 5.73 Å². The molecule has 8 heteroatoms. The van der Waals surface area contributed by atoms with Gasteiger partial charge in [-0.3, -0.25) is 9.59 Å². The number of hydrogen-bond acceptors (Lipinski definition) is 4. The van der Waals surface area contributed by atoms with Crippen molar-refractivity contribution in [3.05, 3.63) is 94.5 Å². The molecule has 1 heterocycles. The zero-order valence-corrected chi connectivity index (χ0v) is 18.9. The standard InChI is InChI=1S/C26H27N5O3/c1-31-12-11-18-5-6-20(14-21(18)16-31)25(33)29-23-4-2-3-17(13-23)15-28-26(34)30-22-9-7-19(8-10-22)24(27)32/h2-10,13-14H,11-12,15-16H2,1H3,(H2,27,32)(H,29,33)(H2,28,30,34). The van der Waals surface area contributed by atoms with Crippen LogP contribution in [-0.4, -0.2) is 36.3 Å². The van der Waals surface area contributed by atoms with Crippen LogP contribution < -0.4 is 21.7 Å². The lowest BCUT2D eigenvalue weighted by Gasteiger charge is -2.25. The highest BCUT2D eigenvalue weighted by Gasteiger charge is 2.16. The van der Waals surface area contributed by atoms with Crippen LogP contribution in [0.5, 0.6) is 0 Å². The summed E-state index contributed by atoms with van der Waals surface area (Å²) in [5.41, 5.74) is 10.7. The molecule has 174 valence electrons. The van der Waals surface area contributed by atoms with Gasteiger partial charge in [0.25, 0.3) is 5.91 Å². The highest BCUT2D eigenvalue weighted by atomic mass is 16.2. The minimum atomic E-state index is -0.526. The van der Waals surface area contributed by atoms with E-state index < -0.39 is 5.91 Å². The van der Waals surface area contributed by atoms with Gasteiger partial charge in [-0.1, -0.05) is 18.2 Å². The molecule has 0 radical (unpaired) electrons. The maximum absolute atomic E-state index is 12.8. The normalized spacial score (nSPS) is 13.0. The van der Waals surface area contributed by atoms with E-state index in [0.717, 1.165) is 25.1 Å². The van der Waals surface area contributed by atoms with Crippen molar-refractivity contribution in [1.29, 1.82) is 0 Å². The van der Waals surface area contributed by atoms with E-state index >= 15 is 0 Å². The minimum Gasteiger partial charge on any atom is -0.366 e. The maximum Gasteiger partial charge on any atom is 0.319 e. The Bertz CT molecular complexity index is 1220. The van der Waals surface area contributed by atoms with Gasteiger partial charge in [0.15, 0.2) is 0 Å². The summed E-state index contributed by atoms with van der Waals surface area (Å²) in [6.45, 7) is 2.15. The fourth-order valence-electron chi connectivity index (χ4n) is 3.88. The molecule has 0 aromatic heterocycles. The van der Waals surface area contributed by atoms with Crippen LogP contribution in [0, 0.1) is 0 Å². The van der Waals surface area contributed by atoms with E-state index in [2.05, 4.69) is 27.9 Å². The molecule has 0 saturated heterocycles.